The van der Waals surface area contributed by atoms with Gasteiger partial charge in [0.1, 0.15) is 0 Å². The summed E-state index contributed by atoms with van der Waals surface area (Å²) < 4.78 is 2.83. The van der Waals surface area contributed by atoms with Gasteiger partial charge in [0.2, 0.25) is 0 Å². The molecule has 0 amide bonds. The smallest absolute Gasteiger partial charge is 0.0995 e. The zero-order chi connectivity index (χ0) is 12.1. The number of halogens is 1. The van der Waals surface area contributed by atoms with Crippen LogP contribution in [0.3, 0.4) is 0 Å². The Bertz CT molecular complexity index is 321. The number of nitrogens with zero attached hydrogens (tertiary/aromatic N) is 2. The predicted molar refractivity (Wildman–Crippen MR) is 69.2 cm³/mol. The Morgan fingerprint density at radius 3 is 2.50 bits per heavy atom. The van der Waals surface area contributed by atoms with E-state index in [1.54, 1.807) is 6.20 Å². The van der Waals surface area contributed by atoms with Crippen molar-refractivity contribution in [2.45, 2.75) is 52.7 Å². The number of aryl methyl sites for hydroxylation is 1. The second kappa shape index (κ2) is 6.40. The maximum Gasteiger partial charge on any atom is 0.0995 e. The van der Waals surface area contributed by atoms with Crippen LogP contribution in [0.5, 0.6) is 0 Å². The molecular weight excluding hydrogens is 268 g/mol. The number of aliphatic hydroxyl groups excluding tert-OH is 1. The third-order valence-electron chi connectivity index (χ3n) is 3.04. The van der Waals surface area contributed by atoms with Crippen molar-refractivity contribution in [3.8, 4) is 0 Å². The number of hydrogen-bond acceptors (Lipinski definition) is 2. The van der Waals surface area contributed by atoms with E-state index in [0.717, 1.165) is 36.0 Å². The molecule has 1 unspecified atom stereocenters. The molecule has 16 heavy (non-hydrogen) atoms. The molecule has 1 aromatic rings. The molecule has 0 saturated heterocycles. The van der Waals surface area contributed by atoms with Gasteiger partial charge in [0, 0.05) is 6.54 Å². The number of aromatic nitrogens is 2. The minimum absolute atomic E-state index is 0.309. The van der Waals surface area contributed by atoms with Gasteiger partial charge < -0.3 is 5.11 Å². The summed E-state index contributed by atoms with van der Waals surface area (Å²) in [4.78, 5) is 0. The number of rotatable bonds is 6. The van der Waals surface area contributed by atoms with Crippen LogP contribution >= 0.6 is 15.9 Å². The molecule has 0 aromatic carbocycles. The van der Waals surface area contributed by atoms with E-state index in [-0.39, 0.29) is 0 Å². The van der Waals surface area contributed by atoms with E-state index < -0.39 is 6.10 Å². The van der Waals surface area contributed by atoms with Crippen LogP contribution in [-0.4, -0.2) is 14.9 Å². The molecule has 0 spiro atoms. The highest BCUT2D eigenvalue weighted by molar-refractivity contribution is 9.10. The van der Waals surface area contributed by atoms with Gasteiger partial charge in [-0.25, -0.2) is 0 Å². The SMILES string of the molecule is CCCn1ncc(Br)c1C(O)C(CC)CC. The van der Waals surface area contributed by atoms with Crippen LogP contribution in [0, 0.1) is 5.92 Å². The van der Waals surface area contributed by atoms with Crippen molar-refractivity contribution in [3.63, 3.8) is 0 Å². The molecule has 0 fully saturated rings. The topological polar surface area (TPSA) is 38.0 Å². The zero-order valence-electron chi connectivity index (χ0n) is 10.3. The third kappa shape index (κ3) is 2.86. The fraction of sp³-hybridized carbons (Fsp3) is 0.750. The quantitative estimate of drug-likeness (QED) is 0.870. The van der Waals surface area contributed by atoms with E-state index in [0.29, 0.717) is 5.92 Å². The van der Waals surface area contributed by atoms with Crippen LogP contribution in [0.25, 0.3) is 0 Å². The lowest BCUT2D eigenvalue weighted by Gasteiger charge is -2.21. The van der Waals surface area contributed by atoms with E-state index in [1.807, 2.05) is 4.68 Å². The molecule has 1 rings (SSSR count). The Hall–Kier alpha value is -0.350. The first kappa shape index (κ1) is 13.7. The van der Waals surface area contributed by atoms with Gasteiger partial charge in [-0.1, -0.05) is 33.6 Å². The number of hydrogen-bond donors (Lipinski definition) is 1. The fourth-order valence-corrected chi connectivity index (χ4v) is 2.55. The van der Waals surface area contributed by atoms with E-state index in [1.165, 1.54) is 0 Å². The summed E-state index contributed by atoms with van der Waals surface area (Å²) in [6.45, 7) is 7.21. The highest BCUT2D eigenvalue weighted by Crippen LogP contribution is 2.32. The van der Waals surface area contributed by atoms with Crippen LogP contribution in [0.1, 0.15) is 51.8 Å². The normalized spacial score (nSPS) is 13.4. The first-order chi connectivity index (χ1) is 7.65. The predicted octanol–water partition coefficient (Wildman–Crippen LogP) is 3.53. The highest BCUT2D eigenvalue weighted by atomic mass is 79.9. The van der Waals surface area contributed by atoms with Crippen molar-refractivity contribution in [2.24, 2.45) is 5.92 Å². The summed E-state index contributed by atoms with van der Waals surface area (Å²) in [5.41, 5.74) is 0.926. The van der Waals surface area contributed by atoms with E-state index in [2.05, 4.69) is 41.8 Å². The maximum atomic E-state index is 10.4. The van der Waals surface area contributed by atoms with Gasteiger partial charge in [-0.2, -0.15) is 5.10 Å². The van der Waals surface area contributed by atoms with Gasteiger partial charge in [-0.05, 0) is 28.3 Å². The summed E-state index contributed by atoms with van der Waals surface area (Å²) in [5, 5.41) is 14.7. The van der Waals surface area contributed by atoms with Crippen LogP contribution in [-0.2, 0) is 6.54 Å². The van der Waals surface area contributed by atoms with Crippen LogP contribution in [0.4, 0.5) is 0 Å². The highest BCUT2D eigenvalue weighted by Gasteiger charge is 2.23. The average Bonchev–Trinajstić information content (AvgIpc) is 2.62. The fourth-order valence-electron chi connectivity index (χ4n) is 2.01. The first-order valence-electron chi connectivity index (χ1n) is 6.04. The Morgan fingerprint density at radius 2 is 2.00 bits per heavy atom. The molecule has 1 aromatic heterocycles. The second-order valence-corrected chi connectivity index (χ2v) is 4.98. The van der Waals surface area contributed by atoms with Crippen LogP contribution in [0.15, 0.2) is 10.7 Å². The molecular formula is C12H21BrN2O. The van der Waals surface area contributed by atoms with E-state index in [4.69, 9.17) is 0 Å². The van der Waals surface area contributed by atoms with Gasteiger partial charge in [-0.15, -0.1) is 0 Å². The van der Waals surface area contributed by atoms with Crippen molar-refractivity contribution in [3.05, 3.63) is 16.4 Å². The Balaban J connectivity index is 2.95. The minimum atomic E-state index is -0.418. The van der Waals surface area contributed by atoms with Crippen molar-refractivity contribution < 1.29 is 5.11 Å². The van der Waals surface area contributed by atoms with Crippen LogP contribution < -0.4 is 0 Å². The molecule has 1 N–H and O–H groups in total. The first-order valence-corrected chi connectivity index (χ1v) is 6.84. The van der Waals surface area contributed by atoms with Gasteiger partial charge in [-0.3, -0.25) is 4.68 Å². The van der Waals surface area contributed by atoms with E-state index in [9.17, 15) is 5.11 Å². The molecule has 0 saturated carbocycles. The Labute approximate surface area is 106 Å². The molecule has 4 heteroatoms. The summed E-state index contributed by atoms with van der Waals surface area (Å²) in [7, 11) is 0. The van der Waals surface area contributed by atoms with Crippen molar-refractivity contribution in [1.29, 1.82) is 0 Å². The van der Waals surface area contributed by atoms with Gasteiger partial charge in [0.05, 0.1) is 22.5 Å². The largest absolute Gasteiger partial charge is 0.386 e. The Kier molecular flexibility index (Phi) is 5.49. The standard InChI is InChI=1S/C12H21BrN2O/c1-4-7-15-11(10(13)8-14-15)12(16)9(5-2)6-3/h8-9,12,16H,4-7H2,1-3H3. The average molecular weight is 289 g/mol. The summed E-state index contributed by atoms with van der Waals surface area (Å²) in [6.07, 6.45) is 4.36. The van der Waals surface area contributed by atoms with Gasteiger partial charge in [0.15, 0.2) is 0 Å². The molecule has 1 heterocycles. The molecule has 92 valence electrons. The Morgan fingerprint density at radius 1 is 1.38 bits per heavy atom. The lowest BCUT2D eigenvalue weighted by atomic mass is 9.94. The monoisotopic (exact) mass is 288 g/mol. The van der Waals surface area contributed by atoms with Gasteiger partial charge in [0.25, 0.3) is 0 Å². The minimum Gasteiger partial charge on any atom is -0.386 e. The zero-order valence-corrected chi connectivity index (χ0v) is 11.9. The summed E-state index contributed by atoms with van der Waals surface area (Å²) >= 11 is 3.47. The molecule has 0 bridgehead atoms. The lowest BCUT2D eigenvalue weighted by molar-refractivity contribution is 0.0933. The van der Waals surface area contributed by atoms with E-state index >= 15 is 0 Å². The van der Waals surface area contributed by atoms with Crippen molar-refractivity contribution in [2.75, 3.05) is 0 Å². The molecule has 0 aliphatic heterocycles. The third-order valence-corrected chi connectivity index (χ3v) is 3.66. The molecule has 3 nitrogen and oxygen atoms in total. The summed E-state index contributed by atoms with van der Waals surface area (Å²) in [5.74, 6) is 0.309. The van der Waals surface area contributed by atoms with Gasteiger partial charge >= 0.3 is 0 Å². The summed E-state index contributed by atoms with van der Waals surface area (Å²) in [6, 6.07) is 0. The second-order valence-electron chi connectivity index (χ2n) is 4.12. The molecule has 1 atom stereocenters. The van der Waals surface area contributed by atoms with Crippen molar-refractivity contribution >= 4 is 15.9 Å². The van der Waals surface area contributed by atoms with Crippen LogP contribution in [0.2, 0.25) is 0 Å². The molecule has 0 radical (unpaired) electrons. The molecule has 0 aliphatic carbocycles. The molecule has 0 aliphatic rings. The lowest BCUT2D eigenvalue weighted by Crippen LogP contribution is -2.16. The maximum absolute atomic E-state index is 10.4. The van der Waals surface area contributed by atoms with Crippen molar-refractivity contribution in [1.82, 2.24) is 9.78 Å². The number of aliphatic hydroxyl groups is 1.